The van der Waals surface area contributed by atoms with Crippen molar-refractivity contribution in [3.63, 3.8) is 0 Å². The highest BCUT2D eigenvalue weighted by Gasteiger charge is 2.39. The third-order valence-electron chi connectivity index (χ3n) is 11.2. The van der Waals surface area contributed by atoms with Crippen LogP contribution in [0.2, 0.25) is 0 Å². The van der Waals surface area contributed by atoms with Gasteiger partial charge in [0.05, 0.1) is 18.1 Å². The summed E-state index contributed by atoms with van der Waals surface area (Å²) in [6.07, 6.45) is 8.83. The summed E-state index contributed by atoms with van der Waals surface area (Å²) in [6, 6.07) is 2.82. The van der Waals surface area contributed by atoms with Gasteiger partial charge in [0, 0.05) is 50.8 Å². The molecule has 3 aliphatic rings. The Morgan fingerprint density at radius 1 is 1.00 bits per heavy atom. The number of Topliss-reactive ketones (excluding diaryl/α,β-unsaturated/α-hetero) is 1. The number of aromatic hydroxyl groups is 1. The van der Waals surface area contributed by atoms with Gasteiger partial charge in [-0.05, 0) is 68.7 Å². The van der Waals surface area contributed by atoms with E-state index in [0.29, 0.717) is 43.4 Å². The number of aliphatic hydroxyl groups is 2. The number of benzene rings is 1. The van der Waals surface area contributed by atoms with E-state index in [1.807, 2.05) is 0 Å². The van der Waals surface area contributed by atoms with Gasteiger partial charge in [0.1, 0.15) is 35.8 Å². The molecule has 2 bridgehead atoms. The van der Waals surface area contributed by atoms with Crippen LogP contribution in [-0.4, -0.2) is 116 Å². The van der Waals surface area contributed by atoms with Gasteiger partial charge in [-0.25, -0.2) is 5.43 Å². The molecule has 6 N–H and O–H groups in total. The van der Waals surface area contributed by atoms with Gasteiger partial charge in [-0.3, -0.25) is 38.7 Å². The Hall–Kier alpha value is -5.45. The first-order chi connectivity index (χ1) is 29.0. The number of fused-ring (bicyclic) bond motifs is 2. The molecule has 1 aromatic rings. The zero-order valence-electron chi connectivity index (χ0n) is 35.6. The lowest BCUT2D eigenvalue weighted by molar-refractivity contribution is -0.156. The van der Waals surface area contributed by atoms with Crippen molar-refractivity contribution in [2.24, 2.45) is 17.8 Å². The molecule has 1 aromatic carbocycles. The summed E-state index contributed by atoms with van der Waals surface area (Å²) in [5.74, 6) is -6.19. The summed E-state index contributed by atoms with van der Waals surface area (Å²) < 4.78 is 6.02. The molecule has 16 heteroatoms. The Bertz CT molecular complexity index is 1890. The summed E-state index contributed by atoms with van der Waals surface area (Å²) >= 11 is 0. The number of hydrazine groups is 1. The van der Waals surface area contributed by atoms with E-state index >= 15 is 0 Å². The minimum atomic E-state index is -1.44. The van der Waals surface area contributed by atoms with Gasteiger partial charge in [-0.15, -0.1) is 0 Å². The Morgan fingerprint density at radius 3 is 2.43 bits per heavy atom. The van der Waals surface area contributed by atoms with Crippen LogP contribution >= 0.6 is 0 Å². The molecule has 5 amide bonds. The number of aliphatic hydroxyl groups excluding tert-OH is 2. The maximum absolute atomic E-state index is 14.3. The third kappa shape index (κ3) is 14.0. The summed E-state index contributed by atoms with van der Waals surface area (Å²) in [5.41, 5.74) is 4.07. The molecule has 0 aliphatic carbocycles. The fourth-order valence-corrected chi connectivity index (χ4v) is 7.41. The molecule has 0 aromatic heterocycles. The highest BCUT2D eigenvalue weighted by atomic mass is 16.5. The van der Waals surface area contributed by atoms with E-state index in [1.165, 1.54) is 47.2 Å². The summed E-state index contributed by atoms with van der Waals surface area (Å²) in [6.45, 7) is 8.57. The molecule has 1 unspecified atom stereocenters. The number of nitrogens with one attached hydrogen (secondary N) is 3. The minimum absolute atomic E-state index is 0.0385. The molecule has 4 rings (SSSR count). The molecule has 3 heterocycles. The van der Waals surface area contributed by atoms with E-state index in [1.54, 1.807) is 64.1 Å². The Labute approximate surface area is 357 Å². The lowest BCUT2D eigenvalue weighted by atomic mass is 9.84. The van der Waals surface area contributed by atoms with Crippen molar-refractivity contribution in [2.45, 2.75) is 122 Å². The number of ether oxygens (including phenoxy) is 1. The third-order valence-corrected chi connectivity index (χ3v) is 11.2. The fraction of sp³-hybridized carbons (Fsp3) is 0.533. The number of likely N-dealkylation sites (tertiary alicyclic amines) is 1. The second kappa shape index (κ2) is 23.0. The van der Waals surface area contributed by atoms with Crippen molar-refractivity contribution in [3.05, 3.63) is 77.9 Å². The molecular formula is C45H61N5O11. The van der Waals surface area contributed by atoms with E-state index in [9.17, 15) is 48.9 Å². The molecule has 332 valence electrons. The number of hydrogen-bond acceptors (Lipinski definition) is 12. The number of cyclic esters (lactones) is 1. The second-order valence-corrected chi connectivity index (χ2v) is 16.4. The molecule has 0 spiro atoms. The van der Waals surface area contributed by atoms with Gasteiger partial charge >= 0.3 is 5.97 Å². The van der Waals surface area contributed by atoms with Gasteiger partial charge < -0.3 is 35.5 Å². The maximum atomic E-state index is 14.3. The largest absolute Gasteiger partial charge is 0.508 e. The monoisotopic (exact) mass is 847 g/mol. The van der Waals surface area contributed by atoms with Crippen molar-refractivity contribution < 1.29 is 53.6 Å². The number of rotatable bonds is 9. The van der Waals surface area contributed by atoms with Crippen molar-refractivity contribution in [1.29, 1.82) is 0 Å². The smallest absolute Gasteiger partial charge is 0.325 e. The molecule has 8 atom stereocenters. The lowest BCUT2D eigenvalue weighted by Crippen LogP contribution is -2.62. The molecule has 2 fully saturated rings. The normalized spacial score (nSPS) is 29.0. The van der Waals surface area contributed by atoms with E-state index in [2.05, 4.69) is 16.1 Å². The summed E-state index contributed by atoms with van der Waals surface area (Å²) in [7, 11) is 0. The first kappa shape index (κ1) is 48.2. The van der Waals surface area contributed by atoms with E-state index in [0.717, 1.165) is 0 Å². The predicted molar refractivity (Wildman–Crippen MR) is 225 cm³/mol. The Balaban J connectivity index is 1.71. The molecule has 61 heavy (non-hydrogen) atoms. The van der Waals surface area contributed by atoms with Gasteiger partial charge in [0.25, 0.3) is 11.8 Å². The number of imide groups is 1. The number of amides is 5. The number of hydrogen-bond donors (Lipinski definition) is 6. The summed E-state index contributed by atoms with van der Waals surface area (Å²) in [4.78, 5) is 94.0. The van der Waals surface area contributed by atoms with Gasteiger partial charge in [0.2, 0.25) is 17.7 Å². The zero-order valence-corrected chi connectivity index (χ0v) is 35.6. The number of allylic oxidation sites excluding steroid dienone is 4. The predicted octanol–water partition coefficient (Wildman–Crippen LogP) is 2.48. The van der Waals surface area contributed by atoms with Gasteiger partial charge in [-0.2, -0.15) is 0 Å². The van der Waals surface area contributed by atoms with Crippen molar-refractivity contribution in [2.75, 3.05) is 13.1 Å². The minimum Gasteiger partial charge on any atom is -0.508 e. The van der Waals surface area contributed by atoms with Crippen molar-refractivity contribution in [3.8, 4) is 5.75 Å². The molecule has 16 nitrogen and oxygen atoms in total. The number of ketones is 1. The highest BCUT2D eigenvalue weighted by Crippen LogP contribution is 2.24. The fourth-order valence-electron chi connectivity index (χ4n) is 7.41. The first-order valence-corrected chi connectivity index (χ1v) is 21.0. The number of phenols is 1. The highest BCUT2D eigenvalue weighted by molar-refractivity contribution is 6.02. The average Bonchev–Trinajstić information content (AvgIpc) is 3.66. The van der Waals surface area contributed by atoms with Crippen LogP contribution in [0.1, 0.15) is 85.1 Å². The van der Waals surface area contributed by atoms with Crippen LogP contribution in [0, 0.1) is 17.8 Å². The number of carbonyl (C=O) groups excluding carboxylic acids is 7. The number of phenolic OH excluding ortho intramolecular Hbond substituents is 1. The Morgan fingerprint density at radius 2 is 1.75 bits per heavy atom. The van der Waals surface area contributed by atoms with Crippen molar-refractivity contribution >= 4 is 41.3 Å². The number of nitrogens with zero attached hydrogens (tertiary/aromatic N) is 2. The molecule has 2 saturated heterocycles. The van der Waals surface area contributed by atoms with Crippen molar-refractivity contribution in [1.82, 2.24) is 26.0 Å². The SMILES string of the molecule is CC(=O)CC[C@H]1C(=O)N[C@@H](C(C)C)C(=O)N[C@@H](Cc2cccc(O)c2)C(=O)N2CCCC(N2)C(=O)O[C@H](/C(C)=C/C=C/C(=O)N2CCCC2=O)C/C=C/C=C/[C@H](O)[C@H](C)[C@H]1O. The van der Waals surface area contributed by atoms with E-state index in [-0.39, 0.29) is 49.7 Å². The molecular weight excluding hydrogens is 787 g/mol. The lowest BCUT2D eigenvalue weighted by Gasteiger charge is -2.36. The van der Waals surface area contributed by atoms with E-state index < -0.39 is 83.8 Å². The van der Waals surface area contributed by atoms with Crippen LogP contribution in [0.3, 0.4) is 0 Å². The average molecular weight is 848 g/mol. The van der Waals surface area contributed by atoms with Gasteiger partial charge in [0.15, 0.2) is 0 Å². The quantitative estimate of drug-likeness (QED) is 0.120. The first-order valence-electron chi connectivity index (χ1n) is 21.0. The van der Waals surface area contributed by atoms with E-state index in [4.69, 9.17) is 4.74 Å². The molecule has 3 aliphatic heterocycles. The van der Waals surface area contributed by atoms with Gasteiger partial charge in [-0.1, -0.05) is 69.4 Å². The zero-order chi connectivity index (χ0) is 44.8. The van der Waals surface area contributed by atoms with Crippen LogP contribution in [0.15, 0.2) is 72.4 Å². The Kier molecular flexibility index (Phi) is 18.1. The van der Waals surface area contributed by atoms with Crippen LogP contribution in [0.4, 0.5) is 0 Å². The van der Waals surface area contributed by atoms with Crippen LogP contribution in [-0.2, 0) is 44.7 Å². The topological polar surface area (TPSA) is 232 Å². The number of esters is 1. The van der Waals surface area contributed by atoms with Crippen LogP contribution in [0.5, 0.6) is 5.75 Å². The number of carbonyl (C=O) groups is 7. The van der Waals surface area contributed by atoms with Crippen LogP contribution < -0.4 is 16.1 Å². The second-order valence-electron chi connectivity index (χ2n) is 16.4. The summed E-state index contributed by atoms with van der Waals surface area (Å²) in [5, 5.41) is 39.5. The standard InChI is InChI=1S/C45H61N5O11/c1-27(2)40-43(58)46-35(26-31-14-10-15-32(52)25-31)44(59)50-24-11-16-34(48-50)45(60)61-37(28(3)13-9-19-38(54)49-23-12-20-39(49)55)18-8-6-7-17-36(53)30(5)41(56)33(42(57)47-40)22-21-29(4)51/h6-10,13-15,17,19,25,27,30,33-37,40-41,48,52-53,56H,11-12,16,18,20-24,26H2,1-5H3,(H,46,58)(H,47,57)/b8-6+,17-7+,19-9+,28-13+/t30-,33+,34?,35-,36-,37-,40-,41+/m0/s1. The van der Waals surface area contributed by atoms with Crippen LogP contribution in [0.25, 0.3) is 0 Å². The molecule has 0 saturated carbocycles. The maximum Gasteiger partial charge on any atom is 0.325 e. The molecule has 0 radical (unpaired) electrons.